The molecular formula is C12H16FN. The largest absolute Gasteiger partial charge is 0.313 e. The summed E-state index contributed by atoms with van der Waals surface area (Å²) in [6, 6.07) is 6.58. The zero-order valence-corrected chi connectivity index (χ0v) is 8.46. The topological polar surface area (TPSA) is 12.0 Å². The Balaban J connectivity index is 2.36. The van der Waals surface area contributed by atoms with Crippen molar-refractivity contribution < 1.29 is 4.39 Å². The van der Waals surface area contributed by atoms with Gasteiger partial charge in [-0.15, -0.1) is 0 Å². The Labute approximate surface area is 84.6 Å². The molecule has 1 nitrogen and oxygen atoms in total. The van der Waals surface area contributed by atoms with Gasteiger partial charge in [0.15, 0.2) is 0 Å². The number of nitrogens with one attached hydrogen (secondary N) is 1. The minimum atomic E-state index is -0.186. The van der Waals surface area contributed by atoms with Crippen molar-refractivity contribution in [3.05, 3.63) is 41.7 Å². The molecule has 2 heteroatoms. The Morgan fingerprint density at radius 3 is 3.00 bits per heavy atom. The first kappa shape index (κ1) is 10.9. The Morgan fingerprint density at radius 2 is 2.29 bits per heavy atom. The maximum atomic E-state index is 12.7. The van der Waals surface area contributed by atoms with Crippen molar-refractivity contribution in [2.75, 3.05) is 13.1 Å². The van der Waals surface area contributed by atoms with Crippen molar-refractivity contribution in [2.24, 2.45) is 0 Å². The molecule has 0 spiro atoms. The lowest BCUT2D eigenvalue weighted by Crippen LogP contribution is -2.13. The van der Waals surface area contributed by atoms with E-state index in [1.54, 1.807) is 6.07 Å². The summed E-state index contributed by atoms with van der Waals surface area (Å²) in [7, 11) is 0. The van der Waals surface area contributed by atoms with E-state index in [1.165, 1.54) is 12.1 Å². The molecule has 76 valence electrons. The van der Waals surface area contributed by atoms with E-state index in [0.717, 1.165) is 25.1 Å². The molecule has 0 heterocycles. The molecule has 1 aromatic rings. The van der Waals surface area contributed by atoms with Crippen molar-refractivity contribution in [3.63, 3.8) is 0 Å². The van der Waals surface area contributed by atoms with Crippen LogP contribution in [0.15, 0.2) is 30.3 Å². The predicted octanol–water partition coefficient (Wildman–Crippen LogP) is 2.84. The van der Waals surface area contributed by atoms with Gasteiger partial charge in [-0.05, 0) is 30.7 Å². The van der Waals surface area contributed by atoms with Gasteiger partial charge in [0, 0.05) is 6.54 Å². The average Bonchev–Trinajstić information content (AvgIpc) is 2.18. The first-order valence-corrected chi connectivity index (χ1v) is 4.95. The lowest BCUT2D eigenvalue weighted by Gasteiger charge is -1.96. The summed E-state index contributed by atoms with van der Waals surface area (Å²) in [6.07, 6.45) is 5.06. The Kier molecular flexibility index (Phi) is 4.94. The van der Waals surface area contributed by atoms with Crippen LogP contribution in [0.1, 0.15) is 18.9 Å². The van der Waals surface area contributed by atoms with Crippen LogP contribution < -0.4 is 5.32 Å². The Hall–Kier alpha value is -1.15. The fourth-order valence-electron chi connectivity index (χ4n) is 1.17. The molecule has 0 aliphatic heterocycles. The lowest BCUT2D eigenvalue weighted by atomic mass is 10.2. The van der Waals surface area contributed by atoms with Gasteiger partial charge in [0.2, 0.25) is 0 Å². The highest BCUT2D eigenvalue weighted by molar-refractivity contribution is 5.49. The quantitative estimate of drug-likeness (QED) is 0.709. The van der Waals surface area contributed by atoms with Gasteiger partial charge in [-0.2, -0.15) is 0 Å². The molecule has 0 aliphatic rings. The minimum absolute atomic E-state index is 0.186. The van der Waals surface area contributed by atoms with E-state index < -0.39 is 0 Å². The van der Waals surface area contributed by atoms with E-state index in [1.807, 2.05) is 18.2 Å². The normalized spacial score (nSPS) is 11.0. The highest BCUT2D eigenvalue weighted by Gasteiger charge is 1.89. The fraction of sp³-hybridized carbons (Fsp3) is 0.333. The first-order chi connectivity index (χ1) is 6.83. The summed E-state index contributed by atoms with van der Waals surface area (Å²) < 4.78 is 12.7. The molecule has 0 aromatic heterocycles. The van der Waals surface area contributed by atoms with Crippen LogP contribution in [0.25, 0.3) is 6.08 Å². The van der Waals surface area contributed by atoms with Crippen LogP contribution in [0.4, 0.5) is 4.39 Å². The standard InChI is InChI=1S/C12H16FN/c1-2-8-14-9-4-6-11-5-3-7-12(13)10-11/h3-7,10,14H,2,8-9H2,1H3. The molecule has 1 rings (SSSR count). The van der Waals surface area contributed by atoms with Crippen molar-refractivity contribution in [1.82, 2.24) is 5.32 Å². The van der Waals surface area contributed by atoms with E-state index in [2.05, 4.69) is 12.2 Å². The molecule has 0 saturated carbocycles. The summed E-state index contributed by atoms with van der Waals surface area (Å²) in [5.74, 6) is -0.186. The highest BCUT2D eigenvalue weighted by Crippen LogP contribution is 2.04. The smallest absolute Gasteiger partial charge is 0.123 e. The summed E-state index contributed by atoms with van der Waals surface area (Å²) in [4.78, 5) is 0. The van der Waals surface area contributed by atoms with Crippen LogP contribution in [-0.4, -0.2) is 13.1 Å². The second-order valence-electron chi connectivity index (χ2n) is 3.16. The molecule has 0 atom stereocenters. The number of hydrogen-bond acceptors (Lipinski definition) is 1. The average molecular weight is 193 g/mol. The molecule has 0 fully saturated rings. The maximum Gasteiger partial charge on any atom is 0.123 e. The van der Waals surface area contributed by atoms with E-state index >= 15 is 0 Å². The van der Waals surface area contributed by atoms with E-state index in [9.17, 15) is 4.39 Å². The zero-order chi connectivity index (χ0) is 10.2. The molecule has 0 bridgehead atoms. The van der Waals surface area contributed by atoms with Crippen LogP contribution >= 0.6 is 0 Å². The van der Waals surface area contributed by atoms with Crippen molar-refractivity contribution in [3.8, 4) is 0 Å². The molecule has 1 N–H and O–H groups in total. The number of halogens is 1. The van der Waals surface area contributed by atoms with Gasteiger partial charge in [0.25, 0.3) is 0 Å². The summed E-state index contributed by atoms with van der Waals surface area (Å²) in [5, 5.41) is 3.24. The van der Waals surface area contributed by atoms with Gasteiger partial charge >= 0.3 is 0 Å². The van der Waals surface area contributed by atoms with Crippen LogP contribution in [0.5, 0.6) is 0 Å². The van der Waals surface area contributed by atoms with Gasteiger partial charge in [-0.3, -0.25) is 0 Å². The number of benzene rings is 1. The SMILES string of the molecule is CCCNCC=Cc1cccc(F)c1. The van der Waals surface area contributed by atoms with Crippen molar-refractivity contribution in [2.45, 2.75) is 13.3 Å². The zero-order valence-electron chi connectivity index (χ0n) is 8.46. The van der Waals surface area contributed by atoms with E-state index in [-0.39, 0.29) is 5.82 Å². The second kappa shape index (κ2) is 6.33. The Morgan fingerprint density at radius 1 is 1.43 bits per heavy atom. The Bertz CT molecular complexity index is 294. The third kappa shape index (κ3) is 4.19. The second-order valence-corrected chi connectivity index (χ2v) is 3.16. The summed E-state index contributed by atoms with van der Waals surface area (Å²) >= 11 is 0. The van der Waals surface area contributed by atoms with Gasteiger partial charge in [-0.1, -0.05) is 31.2 Å². The number of hydrogen-bond donors (Lipinski definition) is 1. The first-order valence-electron chi connectivity index (χ1n) is 4.95. The van der Waals surface area contributed by atoms with Crippen LogP contribution in [0, 0.1) is 5.82 Å². The summed E-state index contributed by atoms with van der Waals surface area (Å²) in [6.45, 7) is 3.99. The van der Waals surface area contributed by atoms with Gasteiger partial charge in [0.05, 0.1) is 0 Å². The highest BCUT2D eigenvalue weighted by atomic mass is 19.1. The molecule has 0 amide bonds. The molecule has 14 heavy (non-hydrogen) atoms. The van der Waals surface area contributed by atoms with Crippen molar-refractivity contribution in [1.29, 1.82) is 0 Å². The third-order valence-electron chi connectivity index (χ3n) is 1.85. The molecule has 0 radical (unpaired) electrons. The minimum Gasteiger partial charge on any atom is -0.313 e. The third-order valence-corrected chi connectivity index (χ3v) is 1.85. The predicted molar refractivity (Wildman–Crippen MR) is 58.6 cm³/mol. The van der Waals surface area contributed by atoms with Gasteiger partial charge in [0.1, 0.15) is 5.82 Å². The van der Waals surface area contributed by atoms with E-state index in [0.29, 0.717) is 0 Å². The molecule has 0 aliphatic carbocycles. The molecule has 0 unspecified atom stereocenters. The molecular weight excluding hydrogens is 177 g/mol. The molecule has 1 aromatic carbocycles. The van der Waals surface area contributed by atoms with Crippen LogP contribution in [0.2, 0.25) is 0 Å². The molecule has 0 saturated heterocycles. The van der Waals surface area contributed by atoms with Crippen LogP contribution in [0.3, 0.4) is 0 Å². The van der Waals surface area contributed by atoms with E-state index in [4.69, 9.17) is 0 Å². The van der Waals surface area contributed by atoms with Gasteiger partial charge in [-0.25, -0.2) is 4.39 Å². The summed E-state index contributed by atoms with van der Waals surface area (Å²) in [5.41, 5.74) is 0.906. The van der Waals surface area contributed by atoms with Crippen molar-refractivity contribution >= 4 is 6.08 Å². The maximum absolute atomic E-state index is 12.7. The lowest BCUT2D eigenvalue weighted by molar-refractivity contribution is 0.627. The van der Waals surface area contributed by atoms with Crippen LogP contribution in [-0.2, 0) is 0 Å². The van der Waals surface area contributed by atoms with Gasteiger partial charge < -0.3 is 5.32 Å². The number of rotatable bonds is 5. The fourth-order valence-corrected chi connectivity index (χ4v) is 1.17. The monoisotopic (exact) mass is 193 g/mol.